The third-order valence-electron chi connectivity index (χ3n) is 8.60. The molecule has 0 radical (unpaired) electrons. The molecule has 190 valence electrons. The topological polar surface area (TPSA) is 13.0 Å². The Hall–Kier alpha value is -0.160. The molecule has 0 aromatic heterocycles. The highest BCUT2D eigenvalue weighted by Crippen LogP contribution is 2.36. The van der Waals surface area contributed by atoms with Gasteiger partial charge in [-0.25, -0.2) is 0 Å². The second kappa shape index (κ2) is 9.47. The van der Waals surface area contributed by atoms with Crippen LogP contribution in [0.2, 0.25) is 0 Å². The molecule has 0 saturated carbocycles. The van der Waals surface area contributed by atoms with E-state index in [-0.39, 0.29) is 22.2 Å². The minimum atomic E-state index is 0.219. The van der Waals surface area contributed by atoms with Crippen LogP contribution in [0.25, 0.3) is 0 Å². The van der Waals surface area contributed by atoms with Crippen molar-refractivity contribution in [2.45, 2.75) is 156 Å². The van der Waals surface area contributed by atoms with E-state index >= 15 is 0 Å². The van der Waals surface area contributed by atoms with Crippen molar-refractivity contribution >= 4 is 0 Å². The molecule has 0 aromatic rings. The molecule has 4 heteroatoms. The van der Waals surface area contributed by atoms with E-state index in [2.05, 4.69) is 117 Å². The van der Waals surface area contributed by atoms with Gasteiger partial charge in [-0.1, -0.05) is 0 Å². The van der Waals surface area contributed by atoms with E-state index in [1.165, 1.54) is 39.0 Å². The first-order valence-electron chi connectivity index (χ1n) is 13.3. The van der Waals surface area contributed by atoms with E-state index in [9.17, 15) is 0 Å². The fourth-order valence-electron chi connectivity index (χ4n) is 6.71. The Morgan fingerprint density at radius 1 is 0.438 bits per heavy atom. The molecular formula is C28H58N4. The van der Waals surface area contributed by atoms with Gasteiger partial charge in [-0.05, 0) is 110 Å². The summed E-state index contributed by atoms with van der Waals surface area (Å²) in [6, 6.07) is 2.39. The van der Waals surface area contributed by atoms with Crippen LogP contribution in [0.15, 0.2) is 0 Å². The summed E-state index contributed by atoms with van der Waals surface area (Å²) in [4.78, 5) is 11.0. The van der Waals surface area contributed by atoms with Crippen LogP contribution in [0, 0.1) is 0 Å². The maximum Gasteiger partial charge on any atom is 0.0201 e. The molecule has 0 unspecified atom stereocenters. The van der Waals surface area contributed by atoms with Crippen molar-refractivity contribution in [2.24, 2.45) is 0 Å². The van der Waals surface area contributed by atoms with Gasteiger partial charge in [0.05, 0.1) is 0 Å². The van der Waals surface area contributed by atoms with Crippen LogP contribution in [-0.4, -0.2) is 92.1 Å². The summed E-state index contributed by atoms with van der Waals surface area (Å²) in [7, 11) is 0. The third kappa shape index (κ3) is 6.29. The van der Waals surface area contributed by atoms with Crippen LogP contribution in [-0.2, 0) is 0 Å². The zero-order chi connectivity index (χ0) is 24.9. The van der Waals surface area contributed by atoms with Gasteiger partial charge in [-0.3, -0.25) is 19.6 Å². The van der Waals surface area contributed by atoms with Gasteiger partial charge in [0.15, 0.2) is 0 Å². The molecule has 32 heavy (non-hydrogen) atoms. The van der Waals surface area contributed by atoms with Gasteiger partial charge in [0.1, 0.15) is 0 Å². The summed E-state index contributed by atoms with van der Waals surface area (Å²) < 4.78 is 0. The van der Waals surface area contributed by atoms with Crippen molar-refractivity contribution in [3.8, 4) is 0 Å². The van der Waals surface area contributed by atoms with Crippen LogP contribution in [0.3, 0.4) is 0 Å². The lowest BCUT2D eigenvalue weighted by molar-refractivity contribution is -0.0711. The van der Waals surface area contributed by atoms with E-state index in [0.29, 0.717) is 24.2 Å². The largest absolute Gasteiger partial charge is 0.293 e. The molecule has 0 spiro atoms. The fraction of sp³-hybridized carbons (Fsp3) is 1.00. The zero-order valence-electron chi connectivity index (χ0n) is 24.3. The number of hydrogen-bond acceptors (Lipinski definition) is 4. The van der Waals surface area contributed by atoms with E-state index in [1.807, 2.05) is 0 Å². The molecule has 2 aliphatic rings. The standard InChI is InChI=1S/C28H58N4/c1-21-19-31(23(3)17-29(21)25(5,6)7)27(11,12)15-16-28(13,14)32-20-22(2)30(18-24(32)4)26(8,9)10/h21-24H,15-20H2,1-14H3/t21-,22+,23-,24-/m0/s1. The van der Waals surface area contributed by atoms with Gasteiger partial charge in [0.2, 0.25) is 0 Å². The van der Waals surface area contributed by atoms with E-state index < -0.39 is 0 Å². The van der Waals surface area contributed by atoms with E-state index in [4.69, 9.17) is 0 Å². The average molecular weight is 451 g/mol. The van der Waals surface area contributed by atoms with Crippen molar-refractivity contribution in [3.63, 3.8) is 0 Å². The molecule has 2 fully saturated rings. The van der Waals surface area contributed by atoms with Crippen molar-refractivity contribution in [1.29, 1.82) is 0 Å². The van der Waals surface area contributed by atoms with Crippen molar-refractivity contribution < 1.29 is 0 Å². The zero-order valence-corrected chi connectivity index (χ0v) is 24.3. The van der Waals surface area contributed by atoms with Gasteiger partial charge in [-0.2, -0.15) is 0 Å². The average Bonchev–Trinajstić information content (AvgIpc) is 2.61. The van der Waals surface area contributed by atoms with Gasteiger partial charge < -0.3 is 0 Å². The monoisotopic (exact) mass is 450 g/mol. The van der Waals surface area contributed by atoms with Crippen LogP contribution in [0.1, 0.15) is 110 Å². The first-order valence-corrected chi connectivity index (χ1v) is 13.3. The highest BCUT2D eigenvalue weighted by molar-refractivity contribution is 5.00. The SMILES string of the molecule is C[C@@H]1CN(C(C)(C)CCC(C)(C)N2C[C@H](C)N(C(C)(C)C)C[C@@H]2C)[C@@H](C)CN1C(C)(C)C. The maximum atomic E-state index is 2.81. The van der Waals surface area contributed by atoms with Gasteiger partial charge in [-0.15, -0.1) is 0 Å². The van der Waals surface area contributed by atoms with E-state index in [1.54, 1.807) is 0 Å². The Bertz CT molecular complexity index is 558. The van der Waals surface area contributed by atoms with Crippen molar-refractivity contribution in [1.82, 2.24) is 19.6 Å². The normalized spacial score (nSPS) is 31.3. The molecule has 0 aliphatic carbocycles. The molecule has 0 amide bonds. The van der Waals surface area contributed by atoms with Crippen LogP contribution in [0.4, 0.5) is 0 Å². The molecule has 2 rings (SSSR count). The maximum absolute atomic E-state index is 2.81. The molecule has 0 bridgehead atoms. The summed E-state index contributed by atoms with van der Waals surface area (Å²) in [5.41, 5.74) is 0.926. The lowest BCUT2D eigenvalue weighted by atomic mass is 9.83. The van der Waals surface area contributed by atoms with Gasteiger partial charge >= 0.3 is 0 Å². The summed E-state index contributed by atoms with van der Waals surface area (Å²) in [5, 5.41) is 0. The first-order chi connectivity index (χ1) is 14.3. The molecule has 0 N–H and O–H groups in total. The summed E-state index contributed by atoms with van der Waals surface area (Å²) in [6.07, 6.45) is 2.49. The highest BCUT2D eigenvalue weighted by atomic mass is 15.4. The minimum Gasteiger partial charge on any atom is -0.293 e. The Balaban J connectivity index is 2.05. The summed E-state index contributed by atoms with van der Waals surface area (Å²) in [5.74, 6) is 0. The van der Waals surface area contributed by atoms with Crippen LogP contribution >= 0.6 is 0 Å². The summed E-state index contributed by atoms with van der Waals surface area (Å²) in [6.45, 7) is 38.5. The molecule has 4 nitrogen and oxygen atoms in total. The lowest BCUT2D eigenvalue weighted by Gasteiger charge is -2.56. The number of hydrogen-bond donors (Lipinski definition) is 0. The number of nitrogens with zero attached hydrogens (tertiary/aromatic N) is 4. The second-order valence-electron chi connectivity index (χ2n) is 14.5. The highest BCUT2D eigenvalue weighted by Gasteiger charge is 2.43. The summed E-state index contributed by atoms with van der Waals surface area (Å²) >= 11 is 0. The first kappa shape index (κ1) is 28.1. The molecule has 4 atom stereocenters. The molecule has 0 aromatic carbocycles. The number of piperazine rings is 2. The quantitative estimate of drug-likeness (QED) is 0.532. The Morgan fingerprint density at radius 2 is 0.656 bits per heavy atom. The Morgan fingerprint density at radius 3 is 0.906 bits per heavy atom. The second-order valence-corrected chi connectivity index (χ2v) is 14.5. The van der Waals surface area contributed by atoms with Gasteiger partial charge in [0.25, 0.3) is 0 Å². The van der Waals surface area contributed by atoms with Crippen LogP contribution < -0.4 is 0 Å². The molecule has 2 aliphatic heterocycles. The Kier molecular flexibility index (Phi) is 8.31. The molecule has 2 saturated heterocycles. The van der Waals surface area contributed by atoms with Crippen LogP contribution in [0.5, 0.6) is 0 Å². The Labute approximate surface area is 202 Å². The van der Waals surface area contributed by atoms with Crippen molar-refractivity contribution in [2.75, 3.05) is 26.2 Å². The van der Waals surface area contributed by atoms with E-state index in [0.717, 1.165) is 0 Å². The third-order valence-corrected chi connectivity index (χ3v) is 8.60. The van der Waals surface area contributed by atoms with Crippen molar-refractivity contribution in [3.05, 3.63) is 0 Å². The predicted octanol–water partition coefficient (Wildman–Crippen LogP) is 5.71. The van der Waals surface area contributed by atoms with Gasteiger partial charge in [0, 0.05) is 72.5 Å². The molecular weight excluding hydrogens is 392 g/mol. The molecule has 2 heterocycles. The smallest absolute Gasteiger partial charge is 0.0201 e. The lowest BCUT2D eigenvalue weighted by Crippen LogP contribution is -2.67. The predicted molar refractivity (Wildman–Crippen MR) is 142 cm³/mol. The fourth-order valence-corrected chi connectivity index (χ4v) is 6.71. The number of rotatable bonds is 5. The minimum absolute atomic E-state index is 0.219.